The van der Waals surface area contributed by atoms with Crippen LogP contribution in [-0.4, -0.2) is 13.2 Å². The highest BCUT2D eigenvalue weighted by molar-refractivity contribution is 9.13. The molecule has 0 aliphatic carbocycles. The van der Waals surface area contributed by atoms with Gasteiger partial charge in [0.15, 0.2) is 0 Å². The lowest BCUT2D eigenvalue weighted by Gasteiger charge is -2.17. The fraction of sp³-hybridized carbons (Fsp3) is 0.455. The molecule has 1 aliphatic rings. The van der Waals surface area contributed by atoms with Crippen LogP contribution in [0.15, 0.2) is 26.2 Å². The summed E-state index contributed by atoms with van der Waals surface area (Å²) in [4.78, 5) is 1.27. The van der Waals surface area contributed by atoms with Crippen molar-refractivity contribution in [2.45, 2.75) is 19.4 Å². The van der Waals surface area contributed by atoms with Crippen molar-refractivity contribution in [3.05, 3.63) is 31.0 Å². The molecule has 2 heterocycles. The van der Waals surface area contributed by atoms with Crippen molar-refractivity contribution in [2.75, 3.05) is 13.2 Å². The zero-order valence-corrected chi connectivity index (χ0v) is 12.9. The zero-order chi connectivity index (χ0) is 11.5. The van der Waals surface area contributed by atoms with E-state index in [4.69, 9.17) is 4.74 Å². The summed E-state index contributed by atoms with van der Waals surface area (Å²) >= 11 is 8.78. The van der Waals surface area contributed by atoms with Crippen LogP contribution in [0.4, 0.5) is 0 Å². The second-order valence-corrected chi connectivity index (χ2v) is 6.76. The number of nitrogens with one attached hydrogen (secondary N) is 1. The van der Waals surface area contributed by atoms with E-state index >= 15 is 0 Å². The first-order valence-electron chi connectivity index (χ1n) is 5.23. The average molecular weight is 367 g/mol. The topological polar surface area (TPSA) is 21.3 Å². The van der Waals surface area contributed by atoms with Crippen molar-refractivity contribution < 1.29 is 4.74 Å². The number of likely N-dealkylation sites (N-methyl/N-ethyl adjacent to an activating group) is 1. The van der Waals surface area contributed by atoms with Crippen molar-refractivity contribution in [1.29, 1.82) is 0 Å². The number of hydrogen-bond donors (Lipinski definition) is 1. The molecule has 0 saturated carbocycles. The van der Waals surface area contributed by atoms with Crippen LogP contribution in [-0.2, 0) is 4.74 Å². The van der Waals surface area contributed by atoms with Gasteiger partial charge in [-0.25, -0.2) is 0 Å². The van der Waals surface area contributed by atoms with Gasteiger partial charge in [0.2, 0.25) is 0 Å². The van der Waals surface area contributed by atoms with E-state index in [9.17, 15) is 0 Å². The summed E-state index contributed by atoms with van der Waals surface area (Å²) < 4.78 is 7.88. The molecule has 2 nitrogen and oxygen atoms in total. The Morgan fingerprint density at radius 1 is 1.56 bits per heavy atom. The van der Waals surface area contributed by atoms with Crippen LogP contribution in [0.1, 0.15) is 24.3 Å². The van der Waals surface area contributed by atoms with Crippen LogP contribution < -0.4 is 5.32 Å². The lowest BCUT2D eigenvalue weighted by atomic mass is 10.2. The molecule has 1 N–H and O–H groups in total. The quantitative estimate of drug-likeness (QED) is 0.860. The molecule has 16 heavy (non-hydrogen) atoms. The second-order valence-electron chi connectivity index (χ2n) is 3.50. The van der Waals surface area contributed by atoms with Crippen LogP contribution in [0.25, 0.3) is 0 Å². The zero-order valence-electron chi connectivity index (χ0n) is 8.93. The molecule has 1 aromatic heterocycles. The van der Waals surface area contributed by atoms with Gasteiger partial charge in [0.25, 0.3) is 0 Å². The normalized spacial score (nSPS) is 17.1. The number of halogens is 2. The Labute approximate surface area is 116 Å². The minimum atomic E-state index is 0.195. The predicted octanol–water partition coefficient (Wildman–Crippen LogP) is 4.23. The molecule has 1 aliphatic heterocycles. The van der Waals surface area contributed by atoms with E-state index < -0.39 is 0 Å². The van der Waals surface area contributed by atoms with Crippen LogP contribution >= 0.6 is 43.2 Å². The summed E-state index contributed by atoms with van der Waals surface area (Å²) in [5, 5.41) is 3.46. The highest BCUT2D eigenvalue weighted by Crippen LogP contribution is 2.38. The summed E-state index contributed by atoms with van der Waals surface area (Å²) in [5.74, 6) is 1.06. The summed E-state index contributed by atoms with van der Waals surface area (Å²) in [7, 11) is 0. The maximum atomic E-state index is 5.65. The molecular formula is C11H13Br2NOS. The van der Waals surface area contributed by atoms with Gasteiger partial charge < -0.3 is 10.1 Å². The van der Waals surface area contributed by atoms with Crippen LogP contribution in [0.3, 0.4) is 0 Å². The second kappa shape index (κ2) is 5.67. The molecule has 0 amide bonds. The molecule has 1 unspecified atom stereocenters. The Balaban J connectivity index is 2.24. The first kappa shape index (κ1) is 12.6. The first-order chi connectivity index (χ1) is 7.72. The van der Waals surface area contributed by atoms with Crippen LogP contribution in [0.2, 0.25) is 0 Å². The smallest absolute Gasteiger partial charge is 0.114 e. The maximum absolute atomic E-state index is 5.65. The Morgan fingerprint density at radius 3 is 2.88 bits per heavy atom. The van der Waals surface area contributed by atoms with Gasteiger partial charge in [-0.15, -0.1) is 11.3 Å². The summed E-state index contributed by atoms with van der Waals surface area (Å²) in [6.45, 7) is 3.85. The Bertz CT molecular complexity index is 383. The highest BCUT2D eigenvalue weighted by Gasteiger charge is 2.22. The maximum Gasteiger partial charge on any atom is 0.114 e. The lowest BCUT2D eigenvalue weighted by Crippen LogP contribution is -2.22. The lowest BCUT2D eigenvalue weighted by molar-refractivity contribution is 0.217. The predicted molar refractivity (Wildman–Crippen MR) is 74.8 cm³/mol. The van der Waals surface area contributed by atoms with Crippen molar-refractivity contribution in [2.24, 2.45) is 0 Å². The van der Waals surface area contributed by atoms with Gasteiger partial charge in [0.05, 0.1) is 16.4 Å². The van der Waals surface area contributed by atoms with Gasteiger partial charge in [-0.05, 0) is 50.5 Å². The minimum absolute atomic E-state index is 0.195. The molecule has 2 rings (SSSR count). The first-order valence-corrected chi connectivity index (χ1v) is 7.63. The fourth-order valence-corrected chi connectivity index (χ4v) is 3.86. The molecule has 0 fully saturated rings. The van der Waals surface area contributed by atoms with E-state index in [-0.39, 0.29) is 6.04 Å². The third-order valence-corrected chi connectivity index (χ3v) is 5.69. The number of thiophene rings is 1. The molecule has 88 valence electrons. The van der Waals surface area contributed by atoms with Crippen LogP contribution in [0.5, 0.6) is 0 Å². The molecule has 0 aromatic carbocycles. The molecule has 0 saturated heterocycles. The van der Waals surface area contributed by atoms with Gasteiger partial charge >= 0.3 is 0 Å². The van der Waals surface area contributed by atoms with Gasteiger partial charge in [0, 0.05) is 15.8 Å². The van der Waals surface area contributed by atoms with Gasteiger partial charge in [-0.1, -0.05) is 6.92 Å². The standard InChI is InChI=1S/C11H13Br2NOS/c1-2-14-10(8-4-3-5-15-8)9-6-7(12)11(13)16-9/h4,6,10,14H,2-3,5H2,1H3. The number of hydrogen-bond acceptors (Lipinski definition) is 3. The molecule has 0 radical (unpaired) electrons. The Hall–Kier alpha value is 0.160. The minimum Gasteiger partial charge on any atom is -0.496 e. The van der Waals surface area contributed by atoms with Gasteiger partial charge in [-0.2, -0.15) is 0 Å². The van der Waals surface area contributed by atoms with E-state index in [2.05, 4.69) is 56.2 Å². The van der Waals surface area contributed by atoms with Crippen molar-refractivity contribution in [3.8, 4) is 0 Å². The molecule has 1 atom stereocenters. The third kappa shape index (κ3) is 2.70. The monoisotopic (exact) mass is 365 g/mol. The molecule has 0 bridgehead atoms. The number of ether oxygens (including phenoxy) is 1. The number of rotatable bonds is 4. The third-order valence-electron chi connectivity index (χ3n) is 2.37. The van der Waals surface area contributed by atoms with Crippen LogP contribution in [0, 0.1) is 0 Å². The average Bonchev–Trinajstić information content (AvgIpc) is 2.86. The van der Waals surface area contributed by atoms with Crippen molar-refractivity contribution in [1.82, 2.24) is 5.32 Å². The molecule has 5 heteroatoms. The SMILES string of the molecule is CCNC(C1=CCCO1)c1cc(Br)c(Br)s1. The van der Waals surface area contributed by atoms with E-state index in [1.54, 1.807) is 11.3 Å². The summed E-state index contributed by atoms with van der Waals surface area (Å²) in [5.41, 5.74) is 0. The Kier molecular flexibility index (Phi) is 4.47. The van der Waals surface area contributed by atoms with Crippen molar-refractivity contribution >= 4 is 43.2 Å². The van der Waals surface area contributed by atoms with Gasteiger partial charge in [0.1, 0.15) is 5.76 Å². The van der Waals surface area contributed by atoms with E-state index in [0.29, 0.717) is 0 Å². The fourth-order valence-electron chi connectivity index (χ4n) is 1.69. The Morgan fingerprint density at radius 2 is 2.38 bits per heavy atom. The molecule has 1 aromatic rings. The van der Waals surface area contributed by atoms with E-state index in [0.717, 1.165) is 33.6 Å². The summed E-state index contributed by atoms with van der Waals surface area (Å²) in [6, 6.07) is 2.34. The van der Waals surface area contributed by atoms with Crippen molar-refractivity contribution in [3.63, 3.8) is 0 Å². The van der Waals surface area contributed by atoms with Gasteiger partial charge in [-0.3, -0.25) is 0 Å². The largest absolute Gasteiger partial charge is 0.496 e. The molecule has 0 spiro atoms. The highest BCUT2D eigenvalue weighted by atomic mass is 79.9. The summed E-state index contributed by atoms with van der Waals surface area (Å²) in [6.07, 6.45) is 3.19. The van der Waals surface area contributed by atoms with E-state index in [1.165, 1.54) is 4.88 Å². The molecular weight excluding hydrogens is 354 g/mol. The van der Waals surface area contributed by atoms with E-state index in [1.807, 2.05) is 0 Å².